The minimum absolute atomic E-state index is 0.247. The minimum atomic E-state index is -3.58. The second-order valence-corrected chi connectivity index (χ2v) is 14.9. The first kappa shape index (κ1) is 18.6. The lowest BCUT2D eigenvalue weighted by Crippen LogP contribution is -2.09. The lowest BCUT2D eigenvalue weighted by atomic mass is 9.97. The van der Waals surface area contributed by atoms with Crippen LogP contribution in [0.2, 0.25) is 0 Å². The monoisotopic (exact) mass is 360 g/mol. The zero-order chi connectivity index (χ0) is 13.7. The van der Waals surface area contributed by atoms with E-state index in [1.54, 1.807) is 0 Å². The highest BCUT2D eigenvalue weighted by Gasteiger charge is 2.43. The zero-order valence-corrected chi connectivity index (χ0v) is 14.7. The van der Waals surface area contributed by atoms with Gasteiger partial charge in [0, 0.05) is 0 Å². The summed E-state index contributed by atoms with van der Waals surface area (Å²) in [6.07, 6.45) is 4.29. The maximum atomic E-state index is 11.7. The average molecular weight is 362 g/mol. The second kappa shape index (κ2) is 8.03. The largest absolute Gasteiger partial charge is 0.288 e. The van der Waals surface area contributed by atoms with Gasteiger partial charge in [-0.25, -0.2) is 0 Å². The molecule has 0 fully saturated rings. The first-order valence-electron chi connectivity index (χ1n) is 5.60. The molecule has 0 aromatic rings. The predicted molar refractivity (Wildman–Crippen MR) is 80.3 cm³/mol. The third-order valence-electron chi connectivity index (χ3n) is 2.78. The topological polar surface area (TPSA) is 34.1 Å². The standard InChI is InChI=1S/C9H18Cl4O2P2/c1-3-5-6-8(4-2)7-9(16(10,11)14)17(12,13)15/h8-9H,3-7H2,1-2H3. The van der Waals surface area contributed by atoms with Crippen LogP contribution in [0.15, 0.2) is 0 Å². The molecule has 0 heterocycles. The Morgan fingerprint density at radius 2 is 1.47 bits per heavy atom. The second-order valence-electron chi connectivity index (χ2n) is 4.14. The molecule has 0 N–H and O–H groups in total. The molecule has 0 bridgehead atoms. The maximum Gasteiger partial charge on any atom is 0.265 e. The molecule has 8 heteroatoms. The minimum Gasteiger partial charge on any atom is -0.288 e. The first-order valence-corrected chi connectivity index (χ1v) is 12.8. The summed E-state index contributed by atoms with van der Waals surface area (Å²) in [6, 6.07) is 0. The van der Waals surface area contributed by atoms with Crippen molar-refractivity contribution in [3.8, 4) is 0 Å². The molecule has 17 heavy (non-hydrogen) atoms. The number of unbranched alkanes of at least 4 members (excludes halogenated alkanes) is 1. The predicted octanol–water partition coefficient (Wildman–Crippen LogP) is 7.26. The molecule has 2 nitrogen and oxygen atoms in total. The molecule has 0 radical (unpaired) electrons. The summed E-state index contributed by atoms with van der Waals surface area (Å²) in [5, 5.41) is -1.01. The lowest BCUT2D eigenvalue weighted by Gasteiger charge is -2.23. The molecule has 0 amide bonds. The Hall–Kier alpha value is 1.62. The Labute approximate surface area is 123 Å². The summed E-state index contributed by atoms with van der Waals surface area (Å²) in [7, 11) is 0. The van der Waals surface area contributed by atoms with E-state index >= 15 is 0 Å². The van der Waals surface area contributed by atoms with Crippen LogP contribution >= 0.6 is 56.7 Å². The third kappa shape index (κ3) is 7.71. The molecule has 0 rings (SSSR count). The van der Waals surface area contributed by atoms with Gasteiger partial charge < -0.3 is 0 Å². The van der Waals surface area contributed by atoms with Crippen LogP contribution in [0.1, 0.15) is 46.0 Å². The van der Waals surface area contributed by atoms with Gasteiger partial charge in [-0.3, -0.25) is 9.13 Å². The van der Waals surface area contributed by atoms with Crippen molar-refractivity contribution in [2.45, 2.75) is 51.4 Å². The molecule has 0 aromatic heterocycles. The summed E-state index contributed by atoms with van der Waals surface area (Å²) in [5.41, 5.74) is 0. The fourth-order valence-electron chi connectivity index (χ4n) is 1.68. The quantitative estimate of drug-likeness (QED) is 0.426. The Balaban J connectivity index is 4.75. The molecule has 0 aliphatic rings. The van der Waals surface area contributed by atoms with Crippen LogP contribution in [-0.2, 0) is 9.13 Å². The summed E-state index contributed by atoms with van der Waals surface area (Å²) >= 11 is 22.4. The third-order valence-corrected chi connectivity index (χ3v) is 11.0. The van der Waals surface area contributed by atoms with Crippen LogP contribution < -0.4 is 0 Å². The Kier molecular flexibility index (Phi) is 8.79. The molecule has 0 aromatic carbocycles. The van der Waals surface area contributed by atoms with Crippen molar-refractivity contribution in [2.75, 3.05) is 0 Å². The lowest BCUT2D eigenvalue weighted by molar-refractivity contribution is 0.429. The summed E-state index contributed by atoms with van der Waals surface area (Å²) in [5.74, 6) is -6.91. The van der Waals surface area contributed by atoms with Crippen LogP contribution in [-0.4, -0.2) is 5.40 Å². The SMILES string of the molecule is CCCCC(CC)CC(P(=O)(Cl)Cl)P(=O)(Cl)Cl. The van der Waals surface area contributed by atoms with Crippen LogP contribution in [0, 0.1) is 5.92 Å². The van der Waals surface area contributed by atoms with E-state index in [-0.39, 0.29) is 5.92 Å². The molecule has 0 aliphatic heterocycles. The first-order chi connectivity index (χ1) is 7.62. The molecular weight excluding hydrogens is 344 g/mol. The van der Waals surface area contributed by atoms with E-state index < -0.39 is 17.1 Å². The summed E-state index contributed by atoms with van der Waals surface area (Å²) in [6.45, 7) is 4.10. The highest BCUT2D eigenvalue weighted by Crippen LogP contribution is 2.79. The van der Waals surface area contributed by atoms with Crippen molar-refractivity contribution in [1.82, 2.24) is 0 Å². The van der Waals surface area contributed by atoms with Crippen molar-refractivity contribution in [2.24, 2.45) is 5.92 Å². The van der Waals surface area contributed by atoms with Gasteiger partial charge >= 0.3 is 0 Å². The van der Waals surface area contributed by atoms with Gasteiger partial charge in [0.1, 0.15) is 5.40 Å². The van der Waals surface area contributed by atoms with Crippen LogP contribution in [0.25, 0.3) is 0 Å². The zero-order valence-electron chi connectivity index (χ0n) is 9.91. The van der Waals surface area contributed by atoms with E-state index in [2.05, 4.69) is 6.92 Å². The van der Waals surface area contributed by atoms with E-state index in [4.69, 9.17) is 45.0 Å². The molecule has 0 saturated carbocycles. The van der Waals surface area contributed by atoms with Crippen molar-refractivity contribution in [1.29, 1.82) is 0 Å². The highest BCUT2D eigenvalue weighted by molar-refractivity contribution is 8.22. The van der Waals surface area contributed by atoms with Gasteiger partial charge in [-0.05, 0) is 57.3 Å². The van der Waals surface area contributed by atoms with Gasteiger partial charge in [0.2, 0.25) is 0 Å². The molecule has 0 aliphatic carbocycles. The molecule has 104 valence electrons. The van der Waals surface area contributed by atoms with E-state index in [1.807, 2.05) is 6.92 Å². The van der Waals surface area contributed by atoms with Gasteiger partial charge in [0.05, 0.1) is 0 Å². The van der Waals surface area contributed by atoms with Crippen molar-refractivity contribution < 1.29 is 9.13 Å². The van der Waals surface area contributed by atoms with Crippen LogP contribution in [0.5, 0.6) is 0 Å². The maximum absolute atomic E-state index is 11.7. The fraction of sp³-hybridized carbons (Fsp3) is 1.00. The van der Waals surface area contributed by atoms with Gasteiger partial charge in [-0.15, -0.1) is 0 Å². The normalized spacial score (nSPS) is 15.2. The average Bonchev–Trinajstić information content (AvgIpc) is 2.14. The molecule has 1 atom stereocenters. The van der Waals surface area contributed by atoms with Crippen LogP contribution in [0.3, 0.4) is 0 Å². The van der Waals surface area contributed by atoms with Crippen molar-refractivity contribution >= 4 is 56.7 Å². The highest BCUT2D eigenvalue weighted by atomic mass is 35.9. The van der Waals surface area contributed by atoms with Crippen LogP contribution in [0.4, 0.5) is 0 Å². The smallest absolute Gasteiger partial charge is 0.265 e. The van der Waals surface area contributed by atoms with E-state index in [1.165, 1.54) is 0 Å². The van der Waals surface area contributed by atoms with Crippen molar-refractivity contribution in [3.05, 3.63) is 0 Å². The van der Waals surface area contributed by atoms with Gasteiger partial charge in [0.15, 0.2) is 0 Å². The summed E-state index contributed by atoms with van der Waals surface area (Å²) in [4.78, 5) is 0. The van der Waals surface area contributed by atoms with E-state index in [9.17, 15) is 9.13 Å². The van der Waals surface area contributed by atoms with E-state index in [0.717, 1.165) is 25.7 Å². The van der Waals surface area contributed by atoms with Gasteiger partial charge in [-0.1, -0.05) is 39.5 Å². The van der Waals surface area contributed by atoms with Crippen molar-refractivity contribution in [3.63, 3.8) is 0 Å². The molecule has 0 saturated heterocycles. The van der Waals surface area contributed by atoms with Gasteiger partial charge in [-0.2, -0.15) is 0 Å². The Morgan fingerprint density at radius 1 is 1.00 bits per heavy atom. The molecule has 1 unspecified atom stereocenters. The fourth-order valence-corrected chi connectivity index (χ4v) is 11.0. The number of hydrogen-bond acceptors (Lipinski definition) is 2. The Bertz CT molecular complexity index is 290. The molecular formula is C9H18Cl4O2P2. The number of halogens is 4. The summed E-state index contributed by atoms with van der Waals surface area (Å²) < 4.78 is 23.4. The Morgan fingerprint density at radius 3 is 1.76 bits per heavy atom. The van der Waals surface area contributed by atoms with E-state index in [0.29, 0.717) is 6.42 Å². The molecule has 0 spiro atoms. The number of hydrogen-bond donors (Lipinski definition) is 0. The van der Waals surface area contributed by atoms with Gasteiger partial charge in [0.25, 0.3) is 11.7 Å². The number of rotatable bonds is 8.